The molecule has 0 aliphatic heterocycles. The van der Waals surface area contributed by atoms with Crippen LogP contribution in [0.25, 0.3) is 0 Å². The van der Waals surface area contributed by atoms with E-state index < -0.39 is 0 Å². The zero-order valence-electron chi connectivity index (χ0n) is 9.64. The van der Waals surface area contributed by atoms with Crippen LogP contribution in [0.3, 0.4) is 0 Å². The van der Waals surface area contributed by atoms with Gasteiger partial charge in [-0.3, -0.25) is 0 Å². The molecule has 0 radical (unpaired) electrons. The Balaban J connectivity index is 1.99. The fraction of sp³-hybridized carbons (Fsp3) is 0.333. The number of hydrogen-bond acceptors (Lipinski definition) is 3. The molecule has 1 aromatic carbocycles. The van der Waals surface area contributed by atoms with Crippen molar-refractivity contribution in [1.82, 2.24) is 14.8 Å². The van der Waals surface area contributed by atoms with Crippen molar-refractivity contribution < 1.29 is 0 Å². The molecule has 16 heavy (non-hydrogen) atoms. The van der Waals surface area contributed by atoms with Gasteiger partial charge in [-0.15, -0.1) is 0 Å². The van der Waals surface area contributed by atoms with Crippen molar-refractivity contribution >= 4 is 5.69 Å². The first-order chi connectivity index (χ1) is 7.79. The van der Waals surface area contributed by atoms with Crippen molar-refractivity contribution in [2.45, 2.75) is 26.9 Å². The number of anilines is 1. The smallest absolute Gasteiger partial charge is 0.146 e. The lowest BCUT2D eigenvalue weighted by Crippen LogP contribution is -2.08. The van der Waals surface area contributed by atoms with E-state index >= 15 is 0 Å². The van der Waals surface area contributed by atoms with E-state index in [9.17, 15) is 0 Å². The minimum Gasteiger partial charge on any atom is -0.378 e. The predicted molar refractivity (Wildman–Crippen MR) is 64.2 cm³/mol. The zero-order valence-corrected chi connectivity index (χ0v) is 9.64. The highest BCUT2D eigenvalue weighted by Crippen LogP contribution is 2.09. The highest BCUT2D eigenvalue weighted by atomic mass is 15.3. The second-order valence-corrected chi connectivity index (χ2v) is 3.71. The van der Waals surface area contributed by atoms with Crippen LogP contribution in [0, 0.1) is 6.92 Å². The van der Waals surface area contributed by atoms with Crippen molar-refractivity contribution in [2.24, 2.45) is 0 Å². The first-order valence-corrected chi connectivity index (χ1v) is 5.47. The maximum atomic E-state index is 4.21. The van der Waals surface area contributed by atoms with Gasteiger partial charge in [0, 0.05) is 12.2 Å². The van der Waals surface area contributed by atoms with E-state index in [1.165, 1.54) is 5.56 Å². The normalized spacial score (nSPS) is 10.4. The van der Waals surface area contributed by atoms with Crippen LogP contribution in [-0.4, -0.2) is 14.8 Å². The molecule has 0 aliphatic rings. The lowest BCUT2D eigenvalue weighted by Gasteiger charge is -2.06. The number of benzene rings is 1. The molecule has 2 aromatic rings. The van der Waals surface area contributed by atoms with Gasteiger partial charge in [0.1, 0.15) is 12.2 Å². The molecule has 1 aromatic heterocycles. The minimum absolute atomic E-state index is 0.705. The van der Waals surface area contributed by atoms with Gasteiger partial charge >= 0.3 is 0 Å². The SMILES string of the molecule is CCn1ncnc1CNc1ccc(C)cc1. The fourth-order valence-electron chi connectivity index (χ4n) is 1.54. The second-order valence-electron chi connectivity index (χ2n) is 3.71. The van der Waals surface area contributed by atoms with Crippen molar-refractivity contribution in [3.05, 3.63) is 42.0 Å². The lowest BCUT2D eigenvalue weighted by atomic mass is 10.2. The molecule has 1 heterocycles. The first-order valence-electron chi connectivity index (χ1n) is 5.47. The zero-order chi connectivity index (χ0) is 11.4. The molecule has 1 N–H and O–H groups in total. The monoisotopic (exact) mass is 216 g/mol. The Morgan fingerprint density at radius 1 is 1.25 bits per heavy atom. The molecule has 0 atom stereocenters. The maximum absolute atomic E-state index is 4.21. The fourth-order valence-corrected chi connectivity index (χ4v) is 1.54. The summed E-state index contributed by atoms with van der Waals surface area (Å²) in [5.74, 6) is 0.961. The van der Waals surface area contributed by atoms with E-state index in [0.717, 1.165) is 18.1 Å². The largest absolute Gasteiger partial charge is 0.378 e. The van der Waals surface area contributed by atoms with Crippen LogP contribution in [-0.2, 0) is 13.1 Å². The van der Waals surface area contributed by atoms with E-state index in [2.05, 4.69) is 53.5 Å². The van der Waals surface area contributed by atoms with Crippen LogP contribution < -0.4 is 5.32 Å². The summed E-state index contributed by atoms with van der Waals surface area (Å²) in [6, 6.07) is 8.32. The second kappa shape index (κ2) is 4.79. The molecule has 0 fully saturated rings. The molecule has 2 rings (SSSR count). The summed E-state index contributed by atoms with van der Waals surface area (Å²) in [4.78, 5) is 4.21. The van der Waals surface area contributed by atoms with Crippen molar-refractivity contribution in [1.29, 1.82) is 0 Å². The Morgan fingerprint density at radius 3 is 2.69 bits per heavy atom. The van der Waals surface area contributed by atoms with Crippen LogP contribution in [0.1, 0.15) is 18.3 Å². The number of aryl methyl sites for hydroxylation is 2. The van der Waals surface area contributed by atoms with Gasteiger partial charge in [0.2, 0.25) is 0 Å². The third-order valence-corrected chi connectivity index (χ3v) is 2.50. The molecule has 0 saturated heterocycles. The van der Waals surface area contributed by atoms with Gasteiger partial charge in [-0.2, -0.15) is 5.10 Å². The maximum Gasteiger partial charge on any atom is 0.146 e. The third kappa shape index (κ3) is 2.39. The topological polar surface area (TPSA) is 42.7 Å². The Bertz CT molecular complexity index is 444. The number of rotatable bonds is 4. The molecule has 4 nitrogen and oxygen atoms in total. The van der Waals surface area contributed by atoms with Crippen molar-refractivity contribution in [3.8, 4) is 0 Å². The van der Waals surface area contributed by atoms with Gasteiger partial charge in [0.05, 0.1) is 6.54 Å². The van der Waals surface area contributed by atoms with Gasteiger partial charge in [0.15, 0.2) is 0 Å². The van der Waals surface area contributed by atoms with E-state index in [1.807, 2.05) is 4.68 Å². The Morgan fingerprint density at radius 2 is 2.00 bits per heavy atom. The molecular formula is C12H16N4. The lowest BCUT2D eigenvalue weighted by molar-refractivity contribution is 0.622. The van der Waals surface area contributed by atoms with Gasteiger partial charge in [0.25, 0.3) is 0 Å². The summed E-state index contributed by atoms with van der Waals surface area (Å²) >= 11 is 0. The van der Waals surface area contributed by atoms with Gasteiger partial charge in [-0.25, -0.2) is 9.67 Å². The van der Waals surface area contributed by atoms with Crippen LogP contribution in [0.2, 0.25) is 0 Å². The van der Waals surface area contributed by atoms with Gasteiger partial charge in [-0.1, -0.05) is 17.7 Å². The summed E-state index contributed by atoms with van der Waals surface area (Å²) in [5, 5.41) is 7.45. The first kappa shape index (κ1) is 10.7. The predicted octanol–water partition coefficient (Wildman–Crippen LogP) is 2.22. The highest BCUT2D eigenvalue weighted by molar-refractivity contribution is 5.44. The summed E-state index contributed by atoms with van der Waals surface area (Å²) in [6.07, 6.45) is 1.59. The Hall–Kier alpha value is -1.84. The molecule has 0 amide bonds. The van der Waals surface area contributed by atoms with E-state index in [4.69, 9.17) is 0 Å². The average molecular weight is 216 g/mol. The summed E-state index contributed by atoms with van der Waals surface area (Å²) < 4.78 is 1.89. The number of aromatic nitrogens is 3. The third-order valence-electron chi connectivity index (χ3n) is 2.50. The standard InChI is InChI=1S/C12H16N4/c1-3-16-12(14-9-15-16)8-13-11-6-4-10(2)5-7-11/h4-7,9,13H,3,8H2,1-2H3. The minimum atomic E-state index is 0.705. The molecule has 0 bridgehead atoms. The average Bonchev–Trinajstić information content (AvgIpc) is 2.76. The van der Waals surface area contributed by atoms with Crippen molar-refractivity contribution in [2.75, 3.05) is 5.32 Å². The van der Waals surface area contributed by atoms with Crippen LogP contribution in [0.5, 0.6) is 0 Å². The molecule has 0 saturated carbocycles. The number of hydrogen-bond donors (Lipinski definition) is 1. The number of nitrogens with one attached hydrogen (secondary N) is 1. The molecule has 0 unspecified atom stereocenters. The molecule has 0 aliphatic carbocycles. The molecule has 4 heteroatoms. The van der Waals surface area contributed by atoms with Crippen LogP contribution in [0.4, 0.5) is 5.69 Å². The van der Waals surface area contributed by atoms with E-state index in [0.29, 0.717) is 6.54 Å². The summed E-state index contributed by atoms with van der Waals surface area (Å²) in [6.45, 7) is 5.70. The van der Waals surface area contributed by atoms with E-state index in [1.54, 1.807) is 6.33 Å². The molecule has 0 spiro atoms. The Kier molecular flexibility index (Phi) is 3.19. The summed E-state index contributed by atoms with van der Waals surface area (Å²) in [7, 11) is 0. The van der Waals surface area contributed by atoms with Gasteiger partial charge < -0.3 is 5.32 Å². The summed E-state index contributed by atoms with van der Waals surface area (Å²) in [5.41, 5.74) is 2.37. The van der Waals surface area contributed by atoms with Gasteiger partial charge in [-0.05, 0) is 26.0 Å². The van der Waals surface area contributed by atoms with Crippen LogP contribution in [0.15, 0.2) is 30.6 Å². The Labute approximate surface area is 95.3 Å². The van der Waals surface area contributed by atoms with Crippen LogP contribution >= 0.6 is 0 Å². The number of nitrogens with zero attached hydrogens (tertiary/aromatic N) is 3. The highest BCUT2D eigenvalue weighted by Gasteiger charge is 2.01. The van der Waals surface area contributed by atoms with Crippen molar-refractivity contribution in [3.63, 3.8) is 0 Å². The van der Waals surface area contributed by atoms with E-state index in [-0.39, 0.29) is 0 Å². The quantitative estimate of drug-likeness (QED) is 0.852. The molecule has 84 valence electrons. The molecular weight excluding hydrogens is 200 g/mol.